The van der Waals surface area contributed by atoms with Crippen molar-refractivity contribution in [2.45, 2.75) is 13.5 Å². The van der Waals surface area contributed by atoms with Crippen LogP contribution in [0, 0.1) is 6.92 Å². The average Bonchev–Trinajstić information content (AvgIpc) is 2.55. The standard InChI is InChI=1S/C18H17N3O/c1-13-5-3-4-6-15(13)12-21(2)18(22)14-7-8-16-17(11-14)20-10-9-19-16/h3-11H,12H2,1-2H3. The van der Waals surface area contributed by atoms with Crippen LogP contribution in [0.4, 0.5) is 0 Å². The minimum atomic E-state index is -0.0178. The number of hydrogen-bond acceptors (Lipinski definition) is 3. The van der Waals surface area contributed by atoms with Crippen molar-refractivity contribution in [3.8, 4) is 0 Å². The van der Waals surface area contributed by atoms with E-state index in [2.05, 4.69) is 23.0 Å². The Morgan fingerprint density at radius 2 is 1.77 bits per heavy atom. The Morgan fingerprint density at radius 3 is 2.55 bits per heavy atom. The summed E-state index contributed by atoms with van der Waals surface area (Å²) in [6.45, 7) is 2.64. The first kappa shape index (κ1) is 14.2. The van der Waals surface area contributed by atoms with Gasteiger partial charge in [-0.1, -0.05) is 24.3 Å². The van der Waals surface area contributed by atoms with Crippen LogP contribution in [0.2, 0.25) is 0 Å². The maximum absolute atomic E-state index is 12.6. The number of benzene rings is 2. The monoisotopic (exact) mass is 291 g/mol. The summed E-state index contributed by atoms with van der Waals surface area (Å²) < 4.78 is 0. The van der Waals surface area contributed by atoms with Gasteiger partial charge in [-0.15, -0.1) is 0 Å². The van der Waals surface area contributed by atoms with Crippen LogP contribution in [0.15, 0.2) is 54.9 Å². The van der Waals surface area contributed by atoms with Gasteiger partial charge < -0.3 is 4.90 Å². The molecule has 0 N–H and O–H groups in total. The van der Waals surface area contributed by atoms with E-state index in [0.29, 0.717) is 12.1 Å². The number of aryl methyl sites for hydroxylation is 1. The number of rotatable bonds is 3. The number of carbonyl (C=O) groups is 1. The highest BCUT2D eigenvalue weighted by Gasteiger charge is 2.13. The van der Waals surface area contributed by atoms with Crippen LogP contribution in [-0.2, 0) is 6.54 Å². The highest BCUT2D eigenvalue weighted by atomic mass is 16.2. The molecule has 4 heteroatoms. The minimum Gasteiger partial charge on any atom is -0.337 e. The molecule has 3 aromatic rings. The Hall–Kier alpha value is -2.75. The van der Waals surface area contributed by atoms with Crippen LogP contribution in [0.25, 0.3) is 11.0 Å². The summed E-state index contributed by atoms with van der Waals surface area (Å²) in [6.07, 6.45) is 3.28. The number of fused-ring (bicyclic) bond motifs is 1. The van der Waals surface area contributed by atoms with Gasteiger partial charge in [0.1, 0.15) is 0 Å². The second kappa shape index (κ2) is 5.93. The van der Waals surface area contributed by atoms with Crippen molar-refractivity contribution in [1.29, 1.82) is 0 Å². The fourth-order valence-corrected chi connectivity index (χ4v) is 2.43. The third-order valence-electron chi connectivity index (χ3n) is 3.73. The molecule has 0 atom stereocenters. The Morgan fingerprint density at radius 1 is 1.05 bits per heavy atom. The summed E-state index contributed by atoms with van der Waals surface area (Å²) in [7, 11) is 1.82. The van der Waals surface area contributed by atoms with Gasteiger partial charge in [0, 0.05) is 31.5 Å². The molecule has 0 unspecified atom stereocenters. The average molecular weight is 291 g/mol. The Bertz CT molecular complexity index is 829. The van der Waals surface area contributed by atoms with Crippen molar-refractivity contribution in [3.63, 3.8) is 0 Å². The summed E-state index contributed by atoms with van der Waals surface area (Å²) in [5.41, 5.74) is 4.49. The predicted molar refractivity (Wildman–Crippen MR) is 86.5 cm³/mol. The highest BCUT2D eigenvalue weighted by Crippen LogP contribution is 2.15. The fraction of sp³-hybridized carbons (Fsp3) is 0.167. The quantitative estimate of drug-likeness (QED) is 0.744. The molecule has 1 heterocycles. The maximum Gasteiger partial charge on any atom is 0.253 e. The van der Waals surface area contributed by atoms with Gasteiger partial charge in [0.25, 0.3) is 5.91 Å². The van der Waals surface area contributed by atoms with Crippen LogP contribution < -0.4 is 0 Å². The predicted octanol–water partition coefficient (Wildman–Crippen LogP) is 3.21. The second-order valence-electron chi connectivity index (χ2n) is 5.35. The summed E-state index contributed by atoms with van der Waals surface area (Å²) in [6, 6.07) is 13.5. The van der Waals surface area contributed by atoms with Gasteiger partial charge in [-0.05, 0) is 36.2 Å². The van der Waals surface area contributed by atoms with Gasteiger partial charge in [-0.2, -0.15) is 0 Å². The molecule has 0 bridgehead atoms. The van der Waals surface area contributed by atoms with E-state index in [9.17, 15) is 4.79 Å². The lowest BCUT2D eigenvalue weighted by molar-refractivity contribution is 0.0785. The molecule has 4 nitrogen and oxygen atoms in total. The van der Waals surface area contributed by atoms with Crippen molar-refractivity contribution in [2.75, 3.05) is 7.05 Å². The Kier molecular flexibility index (Phi) is 3.83. The molecule has 0 spiro atoms. The summed E-state index contributed by atoms with van der Waals surface area (Å²) in [5, 5.41) is 0. The van der Waals surface area contributed by atoms with Gasteiger partial charge in [-0.3, -0.25) is 14.8 Å². The zero-order chi connectivity index (χ0) is 15.5. The molecule has 2 aromatic carbocycles. The van der Waals surface area contributed by atoms with Crippen molar-refractivity contribution in [2.24, 2.45) is 0 Å². The number of amides is 1. The van der Waals surface area contributed by atoms with Gasteiger partial charge in [-0.25, -0.2) is 0 Å². The number of hydrogen-bond donors (Lipinski definition) is 0. The van der Waals surface area contributed by atoms with Gasteiger partial charge in [0.2, 0.25) is 0 Å². The van der Waals surface area contributed by atoms with E-state index in [-0.39, 0.29) is 5.91 Å². The minimum absolute atomic E-state index is 0.0178. The van der Waals surface area contributed by atoms with Crippen molar-refractivity contribution >= 4 is 16.9 Å². The molecule has 3 rings (SSSR count). The molecule has 110 valence electrons. The van der Waals surface area contributed by atoms with Gasteiger partial charge in [0.05, 0.1) is 11.0 Å². The molecule has 1 aromatic heterocycles. The van der Waals surface area contributed by atoms with E-state index in [0.717, 1.165) is 16.6 Å². The number of aromatic nitrogens is 2. The third kappa shape index (κ3) is 2.81. The second-order valence-corrected chi connectivity index (χ2v) is 5.35. The molecule has 0 saturated carbocycles. The third-order valence-corrected chi connectivity index (χ3v) is 3.73. The van der Waals surface area contributed by atoms with Gasteiger partial charge >= 0.3 is 0 Å². The molecule has 0 fully saturated rings. The van der Waals surface area contributed by atoms with Crippen LogP contribution in [-0.4, -0.2) is 27.8 Å². The van der Waals surface area contributed by atoms with Crippen LogP contribution in [0.1, 0.15) is 21.5 Å². The lowest BCUT2D eigenvalue weighted by Gasteiger charge is -2.18. The molecule has 1 amide bonds. The zero-order valence-corrected chi connectivity index (χ0v) is 12.7. The van der Waals surface area contributed by atoms with E-state index in [1.807, 2.05) is 31.3 Å². The SMILES string of the molecule is Cc1ccccc1CN(C)C(=O)c1ccc2nccnc2c1. The first-order valence-corrected chi connectivity index (χ1v) is 7.16. The first-order valence-electron chi connectivity index (χ1n) is 7.16. The highest BCUT2D eigenvalue weighted by molar-refractivity contribution is 5.97. The van der Waals surface area contributed by atoms with Gasteiger partial charge in [0.15, 0.2) is 0 Å². The number of carbonyl (C=O) groups excluding carboxylic acids is 1. The molecule has 0 radical (unpaired) electrons. The summed E-state index contributed by atoms with van der Waals surface area (Å²) in [5.74, 6) is -0.0178. The van der Waals surface area contributed by atoms with Crippen molar-refractivity contribution in [3.05, 3.63) is 71.5 Å². The van der Waals surface area contributed by atoms with Crippen molar-refractivity contribution < 1.29 is 4.79 Å². The van der Waals surface area contributed by atoms with E-state index in [1.54, 1.807) is 29.4 Å². The maximum atomic E-state index is 12.6. The van der Waals surface area contributed by atoms with Crippen LogP contribution in [0.3, 0.4) is 0 Å². The Balaban J connectivity index is 1.84. The summed E-state index contributed by atoms with van der Waals surface area (Å²) in [4.78, 5) is 22.8. The largest absolute Gasteiger partial charge is 0.337 e. The lowest BCUT2D eigenvalue weighted by Crippen LogP contribution is -2.26. The number of nitrogens with zero attached hydrogens (tertiary/aromatic N) is 3. The molecule has 0 aliphatic carbocycles. The molecule has 0 aliphatic rings. The zero-order valence-electron chi connectivity index (χ0n) is 12.7. The smallest absolute Gasteiger partial charge is 0.253 e. The molecule has 0 aliphatic heterocycles. The van der Waals surface area contributed by atoms with Crippen LogP contribution in [0.5, 0.6) is 0 Å². The molecular weight excluding hydrogens is 274 g/mol. The summed E-state index contributed by atoms with van der Waals surface area (Å²) >= 11 is 0. The Labute approximate surface area is 129 Å². The molecular formula is C18H17N3O. The molecule has 0 saturated heterocycles. The fourth-order valence-electron chi connectivity index (χ4n) is 2.43. The topological polar surface area (TPSA) is 46.1 Å². The van der Waals surface area contributed by atoms with E-state index in [4.69, 9.17) is 0 Å². The van der Waals surface area contributed by atoms with E-state index < -0.39 is 0 Å². The molecule has 22 heavy (non-hydrogen) atoms. The van der Waals surface area contributed by atoms with Crippen molar-refractivity contribution in [1.82, 2.24) is 14.9 Å². The van der Waals surface area contributed by atoms with Crippen LogP contribution >= 0.6 is 0 Å². The lowest BCUT2D eigenvalue weighted by atomic mass is 10.1. The van der Waals surface area contributed by atoms with E-state index in [1.165, 1.54) is 5.56 Å². The normalized spacial score (nSPS) is 10.6. The van der Waals surface area contributed by atoms with E-state index >= 15 is 0 Å². The first-order chi connectivity index (χ1) is 10.6.